The standard InChI is InChI=1S/C20H21NO6S/c1-13(22)16-9-18-19(27-12-26-18)10-17(16)21-20(23)11-28-8-7-25-15-5-3-14(24-2)4-6-15/h3-6,9-10H,7-8,11-12H2,1-2H3,(H,21,23). The summed E-state index contributed by atoms with van der Waals surface area (Å²) in [6, 6.07) is 10.5. The monoisotopic (exact) mass is 403 g/mol. The Balaban J connectivity index is 1.45. The minimum atomic E-state index is -0.198. The zero-order valence-electron chi connectivity index (χ0n) is 15.7. The molecule has 0 fully saturated rings. The molecular formula is C20H21NO6S. The van der Waals surface area contributed by atoms with Gasteiger partial charge in [0.1, 0.15) is 11.5 Å². The van der Waals surface area contributed by atoms with E-state index < -0.39 is 0 Å². The molecule has 148 valence electrons. The second-order valence-corrected chi connectivity index (χ2v) is 7.04. The van der Waals surface area contributed by atoms with Crippen molar-refractivity contribution in [1.29, 1.82) is 0 Å². The first-order chi connectivity index (χ1) is 13.6. The van der Waals surface area contributed by atoms with Gasteiger partial charge in [0.05, 0.1) is 25.2 Å². The Kier molecular flexibility index (Phi) is 6.65. The number of hydrogen-bond acceptors (Lipinski definition) is 7. The molecule has 0 spiro atoms. The van der Waals surface area contributed by atoms with Crippen molar-refractivity contribution in [3.63, 3.8) is 0 Å². The first kappa shape index (κ1) is 19.9. The molecule has 0 radical (unpaired) electrons. The highest BCUT2D eigenvalue weighted by molar-refractivity contribution is 7.99. The molecule has 2 aromatic carbocycles. The molecule has 0 aliphatic carbocycles. The highest BCUT2D eigenvalue weighted by Crippen LogP contribution is 2.37. The number of benzene rings is 2. The summed E-state index contributed by atoms with van der Waals surface area (Å²) in [4.78, 5) is 24.1. The lowest BCUT2D eigenvalue weighted by atomic mass is 10.1. The SMILES string of the molecule is COc1ccc(OCCSCC(=O)Nc2cc3c(cc2C(C)=O)OCO3)cc1. The normalized spacial score (nSPS) is 11.8. The Morgan fingerprint density at radius 3 is 2.46 bits per heavy atom. The summed E-state index contributed by atoms with van der Waals surface area (Å²) in [5.41, 5.74) is 0.822. The Morgan fingerprint density at radius 2 is 1.79 bits per heavy atom. The molecular weight excluding hydrogens is 382 g/mol. The number of carbonyl (C=O) groups is 2. The summed E-state index contributed by atoms with van der Waals surface area (Å²) in [6.07, 6.45) is 0. The van der Waals surface area contributed by atoms with Gasteiger partial charge in [0.15, 0.2) is 17.3 Å². The van der Waals surface area contributed by atoms with Crippen molar-refractivity contribution in [2.24, 2.45) is 0 Å². The maximum atomic E-state index is 12.2. The maximum absolute atomic E-state index is 12.2. The number of methoxy groups -OCH3 is 1. The van der Waals surface area contributed by atoms with Gasteiger partial charge in [-0.3, -0.25) is 9.59 Å². The number of anilines is 1. The number of carbonyl (C=O) groups excluding carboxylic acids is 2. The zero-order valence-corrected chi connectivity index (χ0v) is 16.5. The minimum absolute atomic E-state index is 0.105. The molecule has 28 heavy (non-hydrogen) atoms. The van der Waals surface area contributed by atoms with Gasteiger partial charge in [0, 0.05) is 17.4 Å². The molecule has 0 bridgehead atoms. The highest BCUT2D eigenvalue weighted by Gasteiger charge is 2.20. The Morgan fingerprint density at radius 1 is 1.11 bits per heavy atom. The number of ether oxygens (including phenoxy) is 4. The predicted octanol–water partition coefficient (Wildman–Crippen LogP) is 3.38. The summed E-state index contributed by atoms with van der Waals surface area (Å²) < 4.78 is 21.3. The molecule has 1 N–H and O–H groups in total. The lowest BCUT2D eigenvalue weighted by Crippen LogP contribution is -2.17. The third-order valence-corrected chi connectivity index (χ3v) is 4.88. The van der Waals surface area contributed by atoms with E-state index in [0.29, 0.717) is 35.1 Å². The minimum Gasteiger partial charge on any atom is -0.497 e. The Labute approximate surface area is 167 Å². The van der Waals surface area contributed by atoms with Crippen LogP contribution < -0.4 is 24.3 Å². The third kappa shape index (κ3) is 5.10. The fourth-order valence-electron chi connectivity index (χ4n) is 2.58. The molecule has 7 nitrogen and oxygen atoms in total. The lowest BCUT2D eigenvalue weighted by molar-refractivity contribution is -0.113. The smallest absolute Gasteiger partial charge is 0.234 e. The van der Waals surface area contributed by atoms with Crippen LogP contribution in [-0.2, 0) is 4.79 Å². The largest absolute Gasteiger partial charge is 0.497 e. The third-order valence-electron chi connectivity index (χ3n) is 3.96. The molecule has 1 amide bonds. The van der Waals surface area contributed by atoms with Gasteiger partial charge in [-0.25, -0.2) is 0 Å². The molecule has 2 aromatic rings. The molecule has 0 saturated heterocycles. The first-order valence-corrected chi connectivity index (χ1v) is 9.81. The number of amides is 1. The molecule has 0 aromatic heterocycles. The van der Waals surface area contributed by atoms with Crippen molar-refractivity contribution in [1.82, 2.24) is 0 Å². The molecule has 0 saturated carbocycles. The number of rotatable bonds is 9. The van der Waals surface area contributed by atoms with E-state index in [1.807, 2.05) is 24.3 Å². The van der Waals surface area contributed by atoms with Crippen LogP contribution in [0.3, 0.4) is 0 Å². The molecule has 8 heteroatoms. The van der Waals surface area contributed by atoms with Gasteiger partial charge in [-0.1, -0.05) is 0 Å². The van der Waals surface area contributed by atoms with Crippen molar-refractivity contribution in [2.75, 3.05) is 37.3 Å². The molecule has 1 aliphatic rings. The average molecular weight is 403 g/mol. The van der Waals surface area contributed by atoms with E-state index in [2.05, 4.69) is 5.32 Å². The number of thioether (sulfide) groups is 1. The molecule has 1 aliphatic heterocycles. The van der Waals surface area contributed by atoms with E-state index >= 15 is 0 Å². The highest BCUT2D eigenvalue weighted by atomic mass is 32.2. The van der Waals surface area contributed by atoms with E-state index in [9.17, 15) is 9.59 Å². The first-order valence-electron chi connectivity index (χ1n) is 8.66. The quantitative estimate of drug-likeness (QED) is 0.508. The number of Topliss-reactive ketones (excluding diaryl/α,β-unsaturated/α-hetero) is 1. The van der Waals surface area contributed by atoms with Gasteiger partial charge >= 0.3 is 0 Å². The average Bonchev–Trinajstić information content (AvgIpc) is 3.15. The summed E-state index contributed by atoms with van der Waals surface area (Å²) in [7, 11) is 1.61. The van der Waals surface area contributed by atoms with Gasteiger partial charge < -0.3 is 24.3 Å². The van der Waals surface area contributed by atoms with Crippen molar-refractivity contribution >= 4 is 29.1 Å². The number of hydrogen-bond donors (Lipinski definition) is 1. The summed E-state index contributed by atoms with van der Waals surface area (Å²) in [5, 5.41) is 2.77. The van der Waals surface area contributed by atoms with Crippen LogP contribution in [0, 0.1) is 0 Å². The van der Waals surface area contributed by atoms with Crippen molar-refractivity contribution in [2.45, 2.75) is 6.92 Å². The van der Waals surface area contributed by atoms with Crippen molar-refractivity contribution in [3.05, 3.63) is 42.0 Å². The second-order valence-electron chi connectivity index (χ2n) is 5.93. The Hall–Kier alpha value is -2.87. The van der Waals surface area contributed by atoms with Crippen LogP contribution in [0.4, 0.5) is 5.69 Å². The fourth-order valence-corrected chi connectivity index (χ4v) is 3.18. The lowest BCUT2D eigenvalue weighted by Gasteiger charge is -2.11. The van der Waals surface area contributed by atoms with Crippen molar-refractivity contribution < 1.29 is 28.5 Å². The number of ketones is 1. The fraction of sp³-hybridized carbons (Fsp3) is 0.300. The number of fused-ring (bicyclic) bond motifs is 1. The van der Waals surface area contributed by atoms with E-state index in [1.165, 1.54) is 18.7 Å². The van der Waals surface area contributed by atoms with E-state index in [1.54, 1.807) is 19.2 Å². The molecule has 3 rings (SSSR count). The van der Waals surface area contributed by atoms with E-state index in [0.717, 1.165) is 11.5 Å². The van der Waals surface area contributed by atoms with Crippen LogP contribution in [0.1, 0.15) is 17.3 Å². The van der Waals surface area contributed by atoms with Crippen LogP contribution >= 0.6 is 11.8 Å². The molecule has 0 unspecified atom stereocenters. The van der Waals surface area contributed by atoms with Crippen LogP contribution in [0.15, 0.2) is 36.4 Å². The van der Waals surface area contributed by atoms with E-state index in [4.69, 9.17) is 18.9 Å². The summed E-state index contributed by atoms with van der Waals surface area (Å²) in [6.45, 7) is 2.03. The van der Waals surface area contributed by atoms with E-state index in [-0.39, 0.29) is 24.2 Å². The number of nitrogens with one attached hydrogen (secondary N) is 1. The van der Waals surface area contributed by atoms with Gasteiger partial charge in [0.2, 0.25) is 12.7 Å². The van der Waals surface area contributed by atoms with Crippen LogP contribution in [-0.4, -0.2) is 43.7 Å². The summed E-state index contributed by atoms with van der Waals surface area (Å²) in [5.74, 6) is 3.08. The van der Waals surface area contributed by atoms with Gasteiger partial charge in [0.25, 0.3) is 0 Å². The van der Waals surface area contributed by atoms with Gasteiger partial charge in [-0.15, -0.1) is 11.8 Å². The molecule has 1 heterocycles. The molecule has 0 atom stereocenters. The Bertz CT molecular complexity index is 853. The topological polar surface area (TPSA) is 83.1 Å². The van der Waals surface area contributed by atoms with Crippen LogP contribution in [0.5, 0.6) is 23.0 Å². The van der Waals surface area contributed by atoms with Crippen LogP contribution in [0.2, 0.25) is 0 Å². The predicted molar refractivity (Wildman–Crippen MR) is 107 cm³/mol. The second kappa shape index (κ2) is 9.36. The summed E-state index contributed by atoms with van der Waals surface area (Å²) >= 11 is 1.44. The van der Waals surface area contributed by atoms with Gasteiger partial charge in [-0.05, 0) is 37.3 Å². The van der Waals surface area contributed by atoms with Crippen molar-refractivity contribution in [3.8, 4) is 23.0 Å². The zero-order chi connectivity index (χ0) is 19.9. The maximum Gasteiger partial charge on any atom is 0.234 e. The van der Waals surface area contributed by atoms with Gasteiger partial charge in [-0.2, -0.15) is 0 Å². The van der Waals surface area contributed by atoms with Crippen LogP contribution in [0.25, 0.3) is 0 Å².